The van der Waals surface area contributed by atoms with Crippen molar-refractivity contribution in [2.75, 3.05) is 0 Å². The van der Waals surface area contributed by atoms with E-state index in [1.54, 1.807) is 47.0 Å². The molecule has 0 saturated carbocycles. The molecule has 0 atom stereocenters. The number of phenolic OH excluding ortho intramolecular Hbond substituents is 1. The molecule has 0 aliphatic rings. The number of imidazole rings is 1. The van der Waals surface area contributed by atoms with Gasteiger partial charge in [-0.25, -0.2) is 14.4 Å². The van der Waals surface area contributed by atoms with E-state index in [4.69, 9.17) is 9.97 Å². The zero-order valence-electron chi connectivity index (χ0n) is 17.1. The molecule has 158 valence electrons. The first-order valence-electron chi connectivity index (χ1n) is 10.2. The number of aromatic nitrogens is 3. The van der Waals surface area contributed by atoms with Gasteiger partial charge in [-0.1, -0.05) is 42.5 Å². The molecule has 5 rings (SSSR count). The molecular formula is C26H20FN3O2. The van der Waals surface area contributed by atoms with E-state index in [-0.39, 0.29) is 17.4 Å². The summed E-state index contributed by atoms with van der Waals surface area (Å²) in [7, 11) is 0. The Bertz CT molecular complexity index is 1380. The van der Waals surface area contributed by atoms with Crippen LogP contribution in [0.5, 0.6) is 11.6 Å². The molecule has 0 radical (unpaired) electrons. The highest BCUT2D eigenvalue weighted by Crippen LogP contribution is 2.28. The van der Waals surface area contributed by atoms with Gasteiger partial charge in [-0.3, -0.25) is 4.40 Å². The Morgan fingerprint density at radius 2 is 1.38 bits per heavy atom. The molecule has 0 unspecified atom stereocenters. The van der Waals surface area contributed by atoms with Gasteiger partial charge >= 0.3 is 0 Å². The van der Waals surface area contributed by atoms with Crippen LogP contribution >= 0.6 is 0 Å². The summed E-state index contributed by atoms with van der Waals surface area (Å²) in [5.74, 6) is -0.0968. The minimum Gasteiger partial charge on any atom is -0.508 e. The Morgan fingerprint density at radius 3 is 2.09 bits per heavy atom. The SMILES string of the molecule is Oc1ccc(Cc2nc3c(Cc4ccccc4)nc(-c4ccc(F)cc4)cn3c2O)cc1. The molecule has 32 heavy (non-hydrogen) atoms. The standard InChI is InChI=1S/C26H20FN3O2/c27-20-10-8-19(9-11-20)24-16-30-25(22(28-24)14-17-4-2-1-3-5-17)29-23(26(30)32)15-18-6-12-21(31)13-7-18/h1-13,16,31-32H,14-15H2. The van der Waals surface area contributed by atoms with Crippen LogP contribution in [0.4, 0.5) is 4.39 Å². The van der Waals surface area contributed by atoms with Crippen LogP contribution in [0.3, 0.4) is 0 Å². The Balaban J connectivity index is 1.63. The quantitative estimate of drug-likeness (QED) is 0.410. The molecule has 2 heterocycles. The zero-order valence-corrected chi connectivity index (χ0v) is 17.1. The maximum absolute atomic E-state index is 13.4. The van der Waals surface area contributed by atoms with Crippen molar-refractivity contribution >= 4 is 5.65 Å². The highest BCUT2D eigenvalue weighted by atomic mass is 19.1. The fraction of sp³-hybridized carbons (Fsp3) is 0.0769. The van der Waals surface area contributed by atoms with E-state index in [1.165, 1.54) is 12.1 Å². The lowest BCUT2D eigenvalue weighted by atomic mass is 10.1. The average molecular weight is 425 g/mol. The van der Waals surface area contributed by atoms with E-state index in [9.17, 15) is 14.6 Å². The predicted molar refractivity (Wildman–Crippen MR) is 120 cm³/mol. The van der Waals surface area contributed by atoms with Crippen molar-refractivity contribution in [1.82, 2.24) is 14.4 Å². The molecule has 0 spiro atoms. The minimum absolute atomic E-state index is 0.0353. The second-order valence-corrected chi connectivity index (χ2v) is 7.66. The normalized spacial score (nSPS) is 11.2. The summed E-state index contributed by atoms with van der Waals surface area (Å²) < 4.78 is 15.1. The van der Waals surface area contributed by atoms with Crippen molar-refractivity contribution in [3.8, 4) is 22.9 Å². The molecule has 0 aliphatic heterocycles. The number of rotatable bonds is 5. The van der Waals surface area contributed by atoms with E-state index in [0.29, 0.717) is 35.6 Å². The van der Waals surface area contributed by atoms with Crippen molar-refractivity contribution in [3.05, 3.63) is 113 Å². The number of aromatic hydroxyl groups is 2. The molecule has 2 N–H and O–H groups in total. The Hall–Kier alpha value is -4.19. The van der Waals surface area contributed by atoms with Crippen molar-refractivity contribution in [1.29, 1.82) is 0 Å². The second-order valence-electron chi connectivity index (χ2n) is 7.66. The second kappa shape index (κ2) is 8.15. The van der Waals surface area contributed by atoms with Crippen LogP contribution in [0.2, 0.25) is 0 Å². The lowest BCUT2D eigenvalue weighted by molar-refractivity contribution is 0.442. The van der Waals surface area contributed by atoms with Gasteiger partial charge in [-0.05, 0) is 47.5 Å². The highest BCUT2D eigenvalue weighted by Gasteiger charge is 2.18. The van der Waals surface area contributed by atoms with E-state index in [1.807, 2.05) is 30.3 Å². The van der Waals surface area contributed by atoms with Gasteiger partial charge in [-0.2, -0.15) is 0 Å². The molecule has 5 nitrogen and oxygen atoms in total. The number of nitrogens with zero attached hydrogens (tertiary/aromatic N) is 3. The Kier molecular flexibility index (Phi) is 5.03. The largest absolute Gasteiger partial charge is 0.508 e. The molecule has 3 aromatic carbocycles. The number of hydrogen-bond donors (Lipinski definition) is 2. The third kappa shape index (κ3) is 3.90. The molecule has 6 heteroatoms. The van der Waals surface area contributed by atoms with Crippen LogP contribution in [0, 0.1) is 5.82 Å². The van der Waals surface area contributed by atoms with Crippen molar-refractivity contribution in [2.45, 2.75) is 12.8 Å². The third-order valence-corrected chi connectivity index (χ3v) is 5.38. The number of halogens is 1. The van der Waals surface area contributed by atoms with Crippen LogP contribution in [0.1, 0.15) is 22.5 Å². The van der Waals surface area contributed by atoms with Crippen molar-refractivity contribution in [2.24, 2.45) is 0 Å². The fourth-order valence-corrected chi connectivity index (χ4v) is 3.74. The molecule has 0 saturated heterocycles. The van der Waals surface area contributed by atoms with Crippen LogP contribution in [0.25, 0.3) is 16.9 Å². The monoisotopic (exact) mass is 425 g/mol. The van der Waals surface area contributed by atoms with E-state index in [2.05, 4.69) is 0 Å². The van der Waals surface area contributed by atoms with Gasteiger partial charge in [0.2, 0.25) is 5.88 Å². The van der Waals surface area contributed by atoms with Crippen LogP contribution in [0.15, 0.2) is 85.1 Å². The Morgan fingerprint density at radius 1 is 0.719 bits per heavy atom. The summed E-state index contributed by atoms with van der Waals surface area (Å²) in [6.07, 6.45) is 2.67. The lowest BCUT2D eigenvalue weighted by Gasteiger charge is -2.08. The molecule has 0 aliphatic carbocycles. The summed E-state index contributed by atoms with van der Waals surface area (Å²) in [6.45, 7) is 0. The van der Waals surface area contributed by atoms with E-state index in [0.717, 1.165) is 16.7 Å². The average Bonchev–Trinajstić information content (AvgIpc) is 3.12. The maximum Gasteiger partial charge on any atom is 0.219 e. The number of phenols is 1. The zero-order chi connectivity index (χ0) is 22.1. The molecular weight excluding hydrogens is 405 g/mol. The van der Waals surface area contributed by atoms with Crippen LogP contribution in [-0.4, -0.2) is 24.6 Å². The fourth-order valence-electron chi connectivity index (χ4n) is 3.74. The van der Waals surface area contributed by atoms with Gasteiger partial charge in [0.25, 0.3) is 0 Å². The molecule has 0 bridgehead atoms. The van der Waals surface area contributed by atoms with Gasteiger partial charge in [-0.15, -0.1) is 0 Å². The summed E-state index contributed by atoms with van der Waals surface area (Å²) in [5, 5.41) is 20.5. The summed E-state index contributed by atoms with van der Waals surface area (Å²) in [5.41, 5.74) is 5.15. The Labute approximate surface area is 184 Å². The molecule has 0 fully saturated rings. The van der Waals surface area contributed by atoms with Crippen molar-refractivity contribution < 1.29 is 14.6 Å². The smallest absolute Gasteiger partial charge is 0.219 e. The third-order valence-electron chi connectivity index (χ3n) is 5.38. The first-order valence-corrected chi connectivity index (χ1v) is 10.2. The lowest BCUT2D eigenvalue weighted by Crippen LogP contribution is -2.01. The molecule has 2 aromatic heterocycles. The molecule has 0 amide bonds. The van der Waals surface area contributed by atoms with E-state index >= 15 is 0 Å². The van der Waals surface area contributed by atoms with E-state index < -0.39 is 0 Å². The summed E-state index contributed by atoms with van der Waals surface area (Å²) >= 11 is 0. The number of benzene rings is 3. The van der Waals surface area contributed by atoms with Gasteiger partial charge in [0.05, 0.1) is 11.4 Å². The minimum atomic E-state index is -0.319. The van der Waals surface area contributed by atoms with Crippen LogP contribution < -0.4 is 0 Å². The highest BCUT2D eigenvalue weighted by molar-refractivity contribution is 5.63. The van der Waals surface area contributed by atoms with Crippen molar-refractivity contribution in [3.63, 3.8) is 0 Å². The van der Waals surface area contributed by atoms with Gasteiger partial charge < -0.3 is 10.2 Å². The van der Waals surface area contributed by atoms with Crippen LogP contribution in [-0.2, 0) is 12.8 Å². The number of fused-ring (bicyclic) bond motifs is 1. The molecule has 5 aromatic rings. The first-order chi connectivity index (χ1) is 15.6. The first kappa shape index (κ1) is 19.8. The summed E-state index contributed by atoms with van der Waals surface area (Å²) in [6, 6.07) is 22.9. The van der Waals surface area contributed by atoms with Gasteiger partial charge in [0.15, 0.2) is 5.65 Å². The maximum atomic E-state index is 13.4. The predicted octanol–water partition coefficient (Wildman–Crippen LogP) is 5.13. The number of hydrogen-bond acceptors (Lipinski definition) is 4. The summed E-state index contributed by atoms with van der Waals surface area (Å²) in [4.78, 5) is 9.52. The van der Waals surface area contributed by atoms with Gasteiger partial charge in [0.1, 0.15) is 17.3 Å². The van der Waals surface area contributed by atoms with Gasteiger partial charge in [0, 0.05) is 24.6 Å². The topological polar surface area (TPSA) is 70.7 Å².